The van der Waals surface area contributed by atoms with Gasteiger partial charge in [-0.2, -0.15) is 4.98 Å². The molecular formula is C26H28N6OS. The summed E-state index contributed by atoms with van der Waals surface area (Å²) in [4.78, 5) is 23.3. The van der Waals surface area contributed by atoms with Gasteiger partial charge in [-0.3, -0.25) is 4.79 Å². The molecule has 0 radical (unpaired) electrons. The van der Waals surface area contributed by atoms with Crippen molar-refractivity contribution in [2.75, 3.05) is 36.1 Å². The highest BCUT2D eigenvalue weighted by molar-refractivity contribution is 7.17. The van der Waals surface area contributed by atoms with Gasteiger partial charge in [-0.25, -0.2) is 4.98 Å². The number of benzene rings is 2. The molecule has 1 aliphatic heterocycles. The summed E-state index contributed by atoms with van der Waals surface area (Å²) in [7, 11) is 2.19. The summed E-state index contributed by atoms with van der Waals surface area (Å²) in [6.45, 7) is 3.81. The lowest BCUT2D eigenvalue weighted by atomic mass is 9.89. The molecule has 0 unspecified atom stereocenters. The second kappa shape index (κ2) is 9.79. The fraction of sp³-hybridized carbons (Fsp3) is 0.269. The molecule has 4 aromatic rings. The molecule has 174 valence electrons. The van der Waals surface area contributed by atoms with E-state index in [1.165, 1.54) is 25.3 Å². The van der Waals surface area contributed by atoms with E-state index in [0.717, 1.165) is 46.2 Å². The summed E-state index contributed by atoms with van der Waals surface area (Å²) >= 11 is 1.59. The van der Waals surface area contributed by atoms with Crippen molar-refractivity contribution in [2.45, 2.75) is 25.7 Å². The minimum atomic E-state index is -0.104. The summed E-state index contributed by atoms with van der Waals surface area (Å²) in [5, 5.41) is 11.6. The minimum absolute atomic E-state index is 0.104. The Bertz CT molecular complexity index is 1290. The Hall–Kier alpha value is -3.49. The molecule has 0 saturated carbocycles. The maximum atomic E-state index is 11.4. The average Bonchev–Trinajstić information content (AvgIpc) is 3.29. The topological polar surface area (TPSA) is 82.2 Å². The van der Waals surface area contributed by atoms with E-state index in [2.05, 4.69) is 52.2 Å². The Morgan fingerprint density at radius 1 is 0.971 bits per heavy atom. The van der Waals surface area contributed by atoms with Crippen LogP contribution in [0.2, 0.25) is 0 Å². The highest BCUT2D eigenvalue weighted by Gasteiger charge is 2.18. The normalized spacial score (nSPS) is 14.8. The highest BCUT2D eigenvalue weighted by Crippen LogP contribution is 2.32. The molecule has 0 spiro atoms. The average molecular weight is 473 g/mol. The summed E-state index contributed by atoms with van der Waals surface area (Å²) in [6.07, 6.45) is 2.42. The van der Waals surface area contributed by atoms with E-state index in [1.54, 1.807) is 11.3 Å². The molecule has 0 aliphatic carbocycles. The first-order chi connectivity index (χ1) is 16.5. The molecule has 1 fully saturated rings. The van der Waals surface area contributed by atoms with Crippen molar-refractivity contribution in [1.82, 2.24) is 14.9 Å². The smallest absolute Gasteiger partial charge is 0.229 e. The standard InChI is InChI=1S/C26H28N6OS/c1-17(33)27-21-4-3-5-22(16-21)28-25-24-23(12-15-34-24)30-26(31-25)29-20-8-6-18(7-9-20)19-10-13-32(2)14-11-19/h3-9,12,15-16,19H,10-11,13-14H2,1-2H3,(H,27,33)(H2,28,29,30,31). The summed E-state index contributed by atoms with van der Waals surface area (Å²) in [5.41, 5.74) is 4.81. The first kappa shape index (κ1) is 22.3. The van der Waals surface area contributed by atoms with E-state index >= 15 is 0 Å². The third-order valence-electron chi connectivity index (χ3n) is 6.11. The minimum Gasteiger partial charge on any atom is -0.339 e. The number of rotatable bonds is 6. The molecule has 5 rings (SSSR count). The van der Waals surface area contributed by atoms with Crippen LogP contribution in [0.4, 0.5) is 28.8 Å². The Morgan fingerprint density at radius 2 is 1.74 bits per heavy atom. The Kier molecular flexibility index (Phi) is 6.42. The fourth-order valence-corrected chi connectivity index (χ4v) is 5.10. The number of amides is 1. The molecule has 1 saturated heterocycles. The first-order valence-corrected chi connectivity index (χ1v) is 12.4. The number of nitrogens with one attached hydrogen (secondary N) is 3. The SMILES string of the molecule is CC(=O)Nc1cccc(Nc2nc(Nc3ccc(C4CCN(C)CC4)cc3)nc3ccsc23)c1. The van der Waals surface area contributed by atoms with Gasteiger partial charge in [-0.15, -0.1) is 11.3 Å². The van der Waals surface area contributed by atoms with Gasteiger partial charge in [0.15, 0.2) is 5.82 Å². The molecule has 34 heavy (non-hydrogen) atoms. The maximum Gasteiger partial charge on any atom is 0.229 e. The van der Waals surface area contributed by atoms with Gasteiger partial charge in [0.1, 0.15) is 0 Å². The van der Waals surface area contributed by atoms with Crippen molar-refractivity contribution in [3.8, 4) is 0 Å². The Morgan fingerprint density at radius 3 is 2.50 bits per heavy atom. The molecule has 8 heteroatoms. The number of thiophene rings is 1. The zero-order valence-corrected chi connectivity index (χ0v) is 20.2. The number of carbonyl (C=O) groups excluding carboxylic acids is 1. The zero-order chi connectivity index (χ0) is 23.5. The van der Waals surface area contributed by atoms with E-state index in [1.807, 2.05) is 35.7 Å². The number of aromatic nitrogens is 2. The van der Waals surface area contributed by atoms with Crippen molar-refractivity contribution in [3.63, 3.8) is 0 Å². The van der Waals surface area contributed by atoms with Crippen LogP contribution in [0, 0.1) is 0 Å². The van der Waals surface area contributed by atoms with Gasteiger partial charge in [0, 0.05) is 24.0 Å². The molecule has 3 N–H and O–H groups in total. The van der Waals surface area contributed by atoms with Gasteiger partial charge in [-0.1, -0.05) is 18.2 Å². The lowest BCUT2D eigenvalue weighted by Gasteiger charge is -2.29. The molecule has 1 amide bonds. The van der Waals surface area contributed by atoms with Gasteiger partial charge < -0.3 is 20.9 Å². The van der Waals surface area contributed by atoms with Gasteiger partial charge in [-0.05, 0) is 86.2 Å². The van der Waals surface area contributed by atoms with Gasteiger partial charge in [0.25, 0.3) is 0 Å². The van der Waals surface area contributed by atoms with Crippen molar-refractivity contribution >= 4 is 56.3 Å². The number of piperidine rings is 1. The second-order valence-corrected chi connectivity index (χ2v) is 9.66. The number of fused-ring (bicyclic) bond motifs is 1. The van der Waals surface area contributed by atoms with E-state index in [4.69, 9.17) is 9.97 Å². The molecule has 2 aromatic heterocycles. The van der Waals surface area contributed by atoms with Crippen LogP contribution in [0.3, 0.4) is 0 Å². The predicted molar refractivity (Wildman–Crippen MR) is 141 cm³/mol. The van der Waals surface area contributed by atoms with Crippen LogP contribution in [0.5, 0.6) is 0 Å². The largest absolute Gasteiger partial charge is 0.339 e. The van der Waals surface area contributed by atoms with Crippen LogP contribution >= 0.6 is 11.3 Å². The lowest BCUT2D eigenvalue weighted by Crippen LogP contribution is -2.29. The third kappa shape index (κ3) is 5.18. The van der Waals surface area contributed by atoms with Crippen molar-refractivity contribution < 1.29 is 4.79 Å². The number of hydrogen-bond acceptors (Lipinski definition) is 7. The monoisotopic (exact) mass is 472 g/mol. The zero-order valence-electron chi connectivity index (χ0n) is 19.3. The van der Waals surface area contributed by atoms with E-state index in [9.17, 15) is 4.79 Å². The van der Waals surface area contributed by atoms with Crippen molar-refractivity contribution in [3.05, 3.63) is 65.5 Å². The van der Waals surface area contributed by atoms with E-state index in [-0.39, 0.29) is 5.91 Å². The third-order valence-corrected chi connectivity index (χ3v) is 7.02. The van der Waals surface area contributed by atoms with Gasteiger partial charge >= 0.3 is 0 Å². The fourth-order valence-electron chi connectivity index (χ4n) is 4.33. The molecule has 3 heterocycles. The summed E-state index contributed by atoms with van der Waals surface area (Å²) < 4.78 is 0.980. The van der Waals surface area contributed by atoms with Gasteiger partial charge in [0.2, 0.25) is 11.9 Å². The summed E-state index contributed by atoms with van der Waals surface area (Å²) in [6, 6.07) is 18.2. The second-order valence-electron chi connectivity index (χ2n) is 8.74. The quantitative estimate of drug-likeness (QED) is 0.322. The van der Waals surface area contributed by atoms with E-state index in [0.29, 0.717) is 11.9 Å². The highest BCUT2D eigenvalue weighted by atomic mass is 32.1. The maximum absolute atomic E-state index is 11.4. The molecule has 0 bridgehead atoms. The number of nitrogens with zero attached hydrogens (tertiary/aromatic N) is 3. The number of anilines is 5. The Labute approximate surface area is 203 Å². The lowest BCUT2D eigenvalue weighted by molar-refractivity contribution is -0.114. The van der Waals surface area contributed by atoms with Crippen LogP contribution in [-0.4, -0.2) is 40.9 Å². The molecular weight excluding hydrogens is 444 g/mol. The van der Waals surface area contributed by atoms with Crippen LogP contribution in [-0.2, 0) is 4.79 Å². The number of carbonyl (C=O) groups is 1. The number of hydrogen-bond donors (Lipinski definition) is 3. The van der Waals surface area contributed by atoms with Crippen LogP contribution < -0.4 is 16.0 Å². The molecule has 0 atom stereocenters. The van der Waals surface area contributed by atoms with E-state index < -0.39 is 0 Å². The van der Waals surface area contributed by atoms with Crippen LogP contribution in [0.1, 0.15) is 31.2 Å². The first-order valence-electron chi connectivity index (χ1n) is 11.5. The van der Waals surface area contributed by atoms with Crippen LogP contribution in [0.15, 0.2) is 60.0 Å². The van der Waals surface area contributed by atoms with Crippen LogP contribution in [0.25, 0.3) is 10.2 Å². The van der Waals surface area contributed by atoms with Gasteiger partial charge in [0.05, 0.1) is 10.2 Å². The molecule has 2 aromatic carbocycles. The van der Waals surface area contributed by atoms with Crippen molar-refractivity contribution in [2.24, 2.45) is 0 Å². The Balaban J connectivity index is 1.35. The summed E-state index contributed by atoms with van der Waals surface area (Å²) in [5.74, 6) is 1.80. The molecule has 1 aliphatic rings. The van der Waals surface area contributed by atoms with Crippen molar-refractivity contribution in [1.29, 1.82) is 0 Å². The molecule has 7 nitrogen and oxygen atoms in total. The predicted octanol–water partition coefficient (Wildman–Crippen LogP) is 5.95. The number of likely N-dealkylation sites (tertiary alicyclic amines) is 1.